The number of aromatic nitrogens is 3. The molecule has 0 radical (unpaired) electrons. The Bertz CT molecular complexity index is 509. The first-order valence-corrected chi connectivity index (χ1v) is 6.31. The maximum atomic E-state index is 6.05. The van der Waals surface area contributed by atoms with Crippen LogP contribution < -0.4 is 5.32 Å². The fourth-order valence-electron chi connectivity index (χ4n) is 2.04. The van der Waals surface area contributed by atoms with Crippen LogP contribution >= 0.6 is 11.6 Å². The molecule has 0 amide bonds. The topological polar surface area (TPSA) is 42.7 Å². The molecule has 2 rings (SSSR count). The van der Waals surface area contributed by atoms with E-state index >= 15 is 0 Å². The molecule has 1 atom stereocenters. The average molecular weight is 265 g/mol. The molecule has 0 spiro atoms. The van der Waals surface area contributed by atoms with E-state index in [4.69, 9.17) is 11.6 Å². The molecular formula is C13H17ClN4. The van der Waals surface area contributed by atoms with Crippen LogP contribution in [0.1, 0.15) is 17.3 Å². The summed E-state index contributed by atoms with van der Waals surface area (Å²) < 4.78 is 1.81. The van der Waals surface area contributed by atoms with Crippen LogP contribution in [0.3, 0.4) is 0 Å². The van der Waals surface area contributed by atoms with Gasteiger partial charge in [-0.25, -0.2) is 4.98 Å². The Morgan fingerprint density at radius 1 is 1.44 bits per heavy atom. The zero-order chi connectivity index (χ0) is 13.0. The Morgan fingerprint density at radius 3 is 2.89 bits per heavy atom. The van der Waals surface area contributed by atoms with Gasteiger partial charge in [-0.2, -0.15) is 5.10 Å². The molecule has 1 unspecified atom stereocenters. The van der Waals surface area contributed by atoms with Crippen molar-refractivity contribution in [1.82, 2.24) is 20.1 Å². The third kappa shape index (κ3) is 3.09. The lowest BCUT2D eigenvalue weighted by molar-refractivity contribution is 0.583. The molecule has 1 N–H and O–H groups in total. The number of rotatable bonds is 5. The van der Waals surface area contributed by atoms with E-state index in [1.807, 2.05) is 37.0 Å². The molecule has 0 bridgehead atoms. The third-order valence-corrected chi connectivity index (χ3v) is 3.24. The van der Waals surface area contributed by atoms with E-state index < -0.39 is 0 Å². The Labute approximate surface area is 112 Å². The van der Waals surface area contributed by atoms with Gasteiger partial charge in [0, 0.05) is 31.0 Å². The molecule has 2 aromatic rings. The van der Waals surface area contributed by atoms with Crippen LogP contribution in [-0.2, 0) is 13.5 Å². The molecule has 1 heterocycles. The van der Waals surface area contributed by atoms with Crippen molar-refractivity contribution in [2.45, 2.75) is 12.3 Å². The van der Waals surface area contributed by atoms with Gasteiger partial charge in [0.05, 0.1) is 0 Å². The Balaban J connectivity index is 2.20. The quantitative estimate of drug-likeness (QED) is 0.898. The van der Waals surface area contributed by atoms with Crippen molar-refractivity contribution in [3.63, 3.8) is 0 Å². The van der Waals surface area contributed by atoms with Gasteiger partial charge in [0.2, 0.25) is 0 Å². The molecule has 0 fully saturated rings. The first-order chi connectivity index (χ1) is 8.70. The highest BCUT2D eigenvalue weighted by Crippen LogP contribution is 2.22. The first kappa shape index (κ1) is 13.1. The summed E-state index contributed by atoms with van der Waals surface area (Å²) in [6.45, 7) is 0.882. The van der Waals surface area contributed by atoms with Gasteiger partial charge in [-0.3, -0.25) is 4.68 Å². The van der Waals surface area contributed by atoms with E-state index in [1.54, 1.807) is 6.33 Å². The van der Waals surface area contributed by atoms with Gasteiger partial charge in [0.1, 0.15) is 12.2 Å². The molecule has 1 aromatic heterocycles. The second-order valence-electron chi connectivity index (χ2n) is 4.31. The van der Waals surface area contributed by atoms with Crippen LogP contribution in [0.25, 0.3) is 0 Å². The first-order valence-electron chi connectivity index (χ1n) is 5.93. The number of benzene rings is 1. The number of likely N-dealkylation sites (N-methyl/N-ethyl adjacent to an activating group) is 1. The summed E-state index contributed by atoms with van der Waals surface area (Å²) in [6, 6.07) is 7.99. The lowest BCUT2D eigenvalue weighted by Crippen LogP contribution is -2.20. The fraction of sp³-hybridized carbons (Fsp3) is 0.385. The Kier molecular flexibility index (Phi) is 4.33. The summed E-state index contributed by atoms with van der Waals surface area (Å²) in [4.78, 5) is 4.28. The summed E-state index contributed by atoms with van der Waals surface area (Å²) >= 11 is 6.05. The number of hydrogen-bond acceptors (Lipinski definition) is 3. The van der Waals surface area contributed by atoms with E-state index in [9.17, 15) is 0 Å². The van der Waals surface area contributed by atoms with Crippen molar-refractivity contribution in [3.8, 4) is 0 Å². The molecule has 0 saturated heterocycles. The van der Waals surface area contributed by atoms with Gasteiger partial charge in [-0.15, -0.1) is 0 Å². The van der Waals surface area contributed by atoms with Crippen LogP contribution in [0.4, 0.5) is 0 Å². The van der Waals surface area contributed by atoms with Crippen LogP contribution in [-0.4, -0.2) is 28.4 Å². The lowest BCUT2D eigenvalue weighted by Gasteiger charge is -2.16. The van der Waals surface area contributed by atoms with Crippen LogP contribution in [0.2, 0.25) is 5.02 Å². The maximum Gasteiger partial charge on any atom is 0.138 e. The molecule has 96 valence electrons. The fourth-order valence-corrected chi connectivity index (χ4v) is 2.24. The second kappa shape index (κ2) is 5.98. The van der Waals surface area contributed by atoms with Crippen molar-refractivity contribution in [2.24, 2.45) is 7.05 Å². The zero-order valence-corrected chi connectivity index (χ0v) is 11.4. The van der Waals surface area contributed by atoms with Gasteiger partial charge in [-0.1, -0.05) is 23.7 Å². The molecule has 0 aliphatic rings. The minimum absolute atomic E-state index is 0.344. The number of halogens is 1. The largest absolute Gasteiger partial charge is 0.319 e. The zero-order valence-electron chi connectivity index (χ0n) is 10.6. The molecule has 0 aliphatic heterocycles. The lowest BCUT2D eigenvalue weighted by atomic mass is 9.95. The van der Waals surface area contributed by atoms with Gasteiger partial charge < -0.3 is 5.32 Å². The standard InChI is InChI=1S/C13H17ClN4/c1-15-8-11(7-13-16-9-17-18(13)2)10-4-3-5-12(14)6-10/h3-6,9,11,15H,7-8H2,1-2H3. The molecule has 4 nitrogen and oxygen atoms in total. The molecule has 5 heteroatoms. The van der Waals surface area contributed by atoms with Crippen molar-refractivity contribution in [3.05, 3.63) is 47.0 Å². The SMILES string of the molecule is CNCC(Cc1ncnn1C)c1cccc(Cl)c1. The summed E-state index contributed by atoms with van der Waals surface area (Å²) in [5, 5.41) is 8.09. The van der Waals surface area contributed by atoms with Crippen molar-refractivity contribution in [1.29, 1.82) is 0 Å². The van der Waals surface area contributed by atoms with E-state index in [0.29, 0.717) is 5.92 Å². The van der Waals surface area contributed by atoms with Crippen molar-refractivity contribution < 1.29 is 0 Å². The van der Waals surface area contributed by atoms with Gasteiger partial charge >= 0.3 is 0 Å². The van der Waals surface area contributed by atoms with Crippen LogP contribution in [0, 0.1) is 0 Å². The third-order valence-electron chi connectivity index (χ3n) is 3.00. The summed E-state index contributed by atoms with van der Waals surface area (Å²) in [5.74, 6) is 1.33. The minimum atomic E-state index is 0.344. The average Bonchev–Trinajstić information content (AvgIpc) is 2.74. The van der Waals surface area contributed by atoms with Crippen molar-refractivity contribution >= 4 is 11.6 Å². The summed E-state index contributed by atoms with van der Waals surface area (Å²) in [5.41, 5.74) is 1.22. The number of nitrogens with zero attached hydrogens (tertiary/aromatic N) is 3. The number of aryl methyl sites for hydroxylation is 1. The Hall–Kier alpha value is -1.39. The van der Waals surface area contributed by atoms with Gasteiger partial charge in [0.15, 0.2) is 0 Å². The predicted octanol–water partition coefficient (Wildman–Crippen LogP) is 2.01. The smallest absolute Gasteiger partial charge is 0.138 e. The number of nitrogens with one attached hydrogen (secondary N) is 1. The molecule has 18 heavy (non-hydrogen) atoms. The molecule has 1 aromatic carbocycles. The highest BCUT2D eigenvalue weighted by atomic mass is 35.5. The predicted molar refractivity (Wildman–Crippen MR) is 72.8 cm³/mol. The highest BCUT2D eigenvalue weighted by molar-refractivity contribution is 6.30. The van der Waals surface area contributed by atoms with Crippen molar-refractivity contribution in [2.75, 3.05) is 13.6 Å². The normalized spacial score (nSPS) is 12.6. The maximum absolute atomic E-state index is 6.05. The molecule has 0 aliphatic carbocycles. The number of hydrogen-bond donors (Lipinski definition) is 1. The van der Waals surface area contributed by atoms with E-state index in [-0.39, 0.29) is 0 Å². The van der Waals surface area contributed by atoms with Crippen LogP contribution in [0.15, 0.2) is 30.6 Å². The van der Waals surface area contributed by atoms with E-state index in [1.165, 1.54) is 5.56 Å². The molecular weight excluding hydrogens is 248 g/mol. The monoisotopic (exact) mass is 264 g/mol. The molecule has 0 saturated carbocycles. The minimum Gasteiger partial charge on any atom is -0.319 e. The van der Waals surface area contributed by atoms with E-state index in [0.717, 1.165) is 23.8 Å². The highest BCUT2D eigenvalue weighted by Gasteiger charge is 2.14. The van der Waals surface area contributed by atoms with Crippen LogP contribution in [0.5, 0.6) is 0 Å². The Morgan fingerprint density at radius 2 is 2.28 bits per heavy atom. The second-order valence-corrected chi connectivity index (χ2v) is 4.75. The van der Waals surface area contributed by atoms with Gasteiger partial charge in [0.25, 0.3) is 0 Å². The summed E-state index contributed by atoms with van der Waals surface area (Å²) in [6.07, 6.45) is 2.43. The van der Waals surface area contributed by atoms with E-state index in [2.05, 4.69) is 21.5 Å². The van der Waals surface area contributed by atoms with Gasteiger partial charge in [-0.05, 0) is 24.7 Å². The summed E-state index contributed by atoms with van der Waals surface area (Å²) in [7, 11) is 3.87.